The fraction of sp³-hybridized carbons (Fsp3) is 0.125. The number of H-pyrrole nitrogens is 1. The van der Waals surface area contributed by atoms with Crippen molar-refractivity contribution in [2.75, 3.05) is 0 Å². The first-order chi connectivity index (χ1) is 8.72. The van der Waals surface area contributed by atoms with Gasteiger partial charge in [-0.1, -0.05) is 41.9 Å². The molecule has 18 heavy (non-hydrogen) atoms. The van der Waals surface area contributed by atoms with Crippen LogP contribution in [0.4, 0.5) is 0 Å². The fourth-order valence-corrected chi connectivity index (χ4v) is 2.41. The van der Waals surface area contributed by atoms with Crippen LogP contribution >= 0.6 is 11.6 Å². The van der Waals surface area contributed by atoms with Gasteiger partial charge in [0.05, 0.1) is 0 Å². The number of hydrogen-bond donors (Lipinski definition) is 1. The summed E-state index contributed by atoms with van der Waals surface area (Å²) in [4.78, 5) is 3.49. The molecule has 90 valence electrons. The Morgan fingerprint density at radius 1 is 1.06 bits per heavy atom. The quantitative estimate of drug-likeness (QED) is 0.682. The van der Waals surface area contributed by atoms with Gasteiger partial charge in [-0.05, 0) is 41.6 Å². The largest absolute Gasteiger partial charge is 0.358 e. The van der Waals surface area contributed by atoms with E-state index in [1.165, 1.54) is 27.7 Å². The van der Waals surface area contributed by atoms with Gasteiger partial charge >= 0.3 is 0 Å². The normalized spacial score (nSPS) is 11.0. The second-order valence-corrected chi connectivity index (χ2v) is 5.07. The molecule has 3 aromatic rings. The molecular weight excluding hydrogens is 242 g/mol. The van der Waals surface area contributed by atoms with E-state index in [9.17, 15) is 0 Å². The summed E-state index contributed by atoms with van der Waals surface area (Å²) in [6.07, 6.45) is 0.908. The first-order valence-electron chi connectivity index (χ1n) is 6.04. The summed E-state index contributed by atoms with van der Waals surface area (Å²) < 4.78 is 0. The van der Waals surface area contributed by atoms with E-state index in [1.54, 1.807) is 0 Å². The monoisotopic (exact) mass is 255 g/mol. The van der Waals surface area contributed by atoms with E-state index >= 15 is 0 Å². The van der Waals surface area contributed by atoms with Gasteiger partial charge < -0.3 is 4.98 Å². The van der Waals surface area contributed by atoms with E-state index in [0.717, 1.165) is 11.4 Å². The Hall–Kier alpha value is -1.73. The summed E-state index contributed by atoms with van der Waals surface area (Å²) in [7, 11) is 0. The van der Waals surface area contributed by atoms with Gasteiger partial charge in [-0.15, -0.1) is 0 Å². The summed E-state index contributed by atoms with van der Waals surface area (Å²) >= 11 is 5.89. The predicted molar refractivity (Wildman–Crippen MR) is 77.3 cm³/mol. The molecule has 0 spiro atoms. The summed E-state index contributed by atoms with van der Waals surface area (Å²) in [5.74, 6) is 0. The van der Waals surface area contributed by atoms with Crippen molar-refractivity contribution < 1.29 is 0 Å². The molecule has 1 aromatic heterocycles. The second-order valence-electron chi connectivity index (χ2n) is 4.64. The van der Waals surface area contributed by atoms with E-state index in [1.807, 2.05) is 12.1 Å². The van der Waals surface area contributed by atoms with Crippen LogP contribution in [0.1, 0.15) is 16.8 Å². The zero-order valence-electron chi connectivity index (χ0n) is 10.2. The number of aromatic nitrogens is 1. The molecule has 1 N–H and O–H groups in total. The Kier molecular flexibility index (Phi) is 2.85. The van der Waals surface area contributed by atoms with Crippen molar-refractivity contribution >= 4 is 22.5 Å². The van der Waals surface area contributed by atoms with Gasteiger partial charge in [0.2, 0.25) is 0 Å². The molecule has 3 rings (SSSR count). The van der Waals surface area contributed by atoms with Crippen LogP contribution in [0.15, 0.2) is 48.5 Å². The number of aryl methyl sites for hydroxylation is 1. The van der Waals surface area contributed by atoms with E-state index < -0.39 is 0 Å². The predicted octanol–water partition coefficient (Wildman–Crippen LogP) is 4.72. The highest BCUT2D eigenvalue weighted by Gasteiger charge is 2.03. The van der Waals surface area contributed by atoms with Gasteiger partial charge in [0.1, 0.15) is 0 Å². The van der Waals surface area contributed by atoms with Gasteiger partial charge in [-0.25, -0.2) is 0 Å². The zero-order chi connectivity index (χ0) is 12.5. The number of halogens is 1. The molecule has 0 aliphatic heterocycles. The Morgan fingerprint density at radius 2 is 1.83 bits per heavy atom. The number of fused-ring (bicyclic) bond motifs is 1. The van der Waals surface area contributed by atoms with Crippen molar-refractivity contribution in [1.29, 1.82) is 0 Å². The summed E-state index contributed by atoms with van der Waals surface area (Å²) in [5, 5.41) is 2.06. The highest BCUT2D eigenvalue weighted by Crippen LogP contribution is 2.21. The third kappa shape index (κ3) is 2.14. The Morgan fingerprint density at radius 3 is 2.56 bits per heavy atom. The van der Waals surface area contributed by atoms with Crippen LogP contribution in [-0.2, 0) is 6.42 Å². The minimum absolute atomic E-state index is 0.784. The van der Waals surface area contributed by atoms with Crippen molar-refractivity contribution in [3.8, 4) is 0 Å². The minimum atomic E-state index is 0.784. The van der Waals surface area contributed by atoms with Crippen LogP contribution < -0.4 is 0 Å². The maximum absolute atomic E-state index is 5.89. The minimum Gasteiger partial charge on any atom is -0.358 e. The first-order valence-corrected chi connectivity index (χ1v) is 6.42. The molecule has 0 unspecified atom stereocenters. The molecule has 0 aliphatic carbocycles. The van der Waals surface area contributed by atoms with Crippen LogP contribution in [0.2, 0.25) is 5.02 Å². The maximum Gasteiger partial charge on any atom is 0.0485 e. The molecule has 0 bridgehead atoms. The molecule has 1 nitrogen and oxygen atoms in total. The number of rotatable bonds is 2. The van der Waals surface area contributed by atoms with Gasteiger partial charge in [0.25, 0.3) is 0 Å². The molecule has 2 heteroatoms. The highest BCUT2D eigenvalue weighted by molar-refractivity contribution is 6.30. The average molecular weight is 256 g/mol. The highest BCUT2D eigenvalue weighted by atomic mass is 35.5. The Bertz CT molecular complexity index is 680. The average Bonchev–Trinajstić information content (AvgIpc) is 2.76. The van der Waals surface area contributed by atoms with Crippen molar-refractivity contribution in [3.63, 3.8) is 0 Å². The van der Waals surface area contributed by atoms with Gasteiger partial charge in [0, 0.05) is 22.7 Å². The van der Waals surface area contributed by atoms with Crippen LogP contribution in [0.5, 0.6) is 0 Å². The standard InChI is InChI=1S/C16H14ClN/c1-11-3-2-4-13-10-15(18-16(11)13)9-12-5-7-14(17)8-6-12/h2-8,10,18H,9H2,1H3. The number of benzene rings is 2. The van der Waals surface area contributed by atoms with Crippen molar-refractivity contribution in [1.82, 2.24) is 4.98 Å². The molecule has 0 fully saturated rings. The molecular formula is C16H14ClN. The molecule has 1 heterocycles. The van der Waals surface area contributed by atoms with E-state index in [4.69, 9.17) is 11.6 Å². The topological polar surface area (TPSA) is 15.8 Å². The molecule has 0 saturated carbocycles. The number of aromatic amines is 1. The second kappa shape index (κ2) is 4.51. The third-order valence-electron chi connectivity index (χ3n) is 3.23. The summed E-state index contributed by atoms with van der Waals surface area (Å²) in [6, 6.07) is 16.6. The molecule has 0 aliphatic rings. The Balaban J connectivity index is 1.95. The van der Waals surface area contributed by atoms with Crippen molar-refractivity contribution in [2.24, 2.45) is 0 Å². The third-order valence-corrected chi connectivity index (χ3v) is 3.48. The molecule has 0 amide bonds. The lowest BCUT2D eigenvalue weighted by Gasteiger charge is -1.99. The lowest BCUT2D eigenvalue weighted by atomic mass is 10.1. The van der Waals surface area contributed by atoms with Crippen LogP contribution in [0, 0.1) is 6.92 Å². The fourth-order valence-electron chi connectivity index (χ4n) is 2.28. The smallest absolute Gasteiger partial charge is 0.0485 e. The SMILES string of the molecule is Cc1cccc2cc(Cc3ccc(Cl)cc3)[nH]c12. The molecule has 0 saturated heterocycles. The van der Waals surface area contributed by atoms with Gasteiger partial charge in [-0.3, -0.25) is 0 Å². The number of hydrogen-bond acceptors (Lipinski definition) is 0. The molecule has 0 atom stereocenters. The van der Waals surface area contributed by atoms with Gasteiger partial charge in [0.15, 0.2) is 0 Å². The number of para-hydroxylation sites is 1. The van der Waals surface area contributed by atoms with Crippen molar-refractivity contribution in [2.45, 2.75) is 13.3 Å². The van der Waals surface area contributed by atoms with Crippen molar-refractivity contribution in [3.05, 3.63) is 70.4 Å². The van der Waals surface area contributed by atoms with E-state index in [2.05, 4.69) is 48.3 Å². The lowest BCUT2D eigenvalue weighted by molar-refractivity contribution is 1.12. The van der Waals surface area contributed by atoms with Gasteiger partial charge in [-0.2, -0.15) is 0 Å². The summed E-state index contributed by atoms with van der Waals surface area (Å²) in [5.41, 5.74) is 5.03. The van der Waals surface area contributed by atoms with Crippen LogP contribution in [-0.4, -0.2) is 4.98 Å². The van der Waals surface area contributed by atoms with E-state index in [0.29, 0.717) is 0 Å². The van der Waals surface area contributed by atoms with Crippen LogP contribution in [0.3, 0.4) is 0 Å². The number of nitrogens with one attached hydrogen (secondary N) is 1. The van der Waals surface area contributed by atoms with Crippen LogP contribution in [0.25, 0.3) is 10.9 Å². The Labute approximate surface area is 111 Å². The zero-order valence-corrected chi connectivity index (χ0v) is 11.0. The lowest BCUT2D eigenvalue weighted by Crippen LogP contribution is -1.87. The first kappa shape index (κ1) is 11.4. The van der Waals surface area contributed by atoms with E-state index in [-0.39, 0.29) is 0 Å². The molecule has 0 radical (unpaired) electrons. The molecule has 2 aromatic carbocycles. The summed E-state index contributed by atoms with van der Waals surface area (Å²) in [6.45, 7) is 2.13. The maximum atomic E-state index is 5.89.